The van der Waals surface area contributed by atoms with E-state index >= 15 is 0 Å². The number of anilines is 1. The van der Waals surface area contributed by atoms with Gasteiger partial charge in [-0.2, -0.15) is 0 Å². The molecule has 2 aromatic rings. The van der Waals surface area contributed by atoms with Gasteiger partial charge in [0.05, 0.1) is 11.6 Å². The molecule has 0 bridgehead atoms. The second-order valence-electron chi connectivity index (χ2n) is 5.21. The molecule has 2 rings (SSSR count). The maximum Gasteiger partial charge on any atom is 0.141 e. The number of nitrogens with one attached hydrogen (secondary N) is 1. The summed E-state index contributed by atoms with van der Waals surface area (Å²) in [4.78, 5) is 0. The van der Waals surface area contributed by atoms with Crippen molar-refractivity contribution in [1.82, 2.24) is 0 Å². The summed E-state index contributed by atoms with van der Waals surface area (Å²) in [5.41, 5.74) is 3.05. The first-order valence-electron chi connectivity index (χ1n) is 6.88. The summed E-state index contributed by atoms with van der Waals surface area (Å²) in [6.45, 7) is 6.65. The van der Waals surface area contributed by atoms with E-state index in [2.05, 4.69) is 11.4 Å². The fourth-order valence-electron chi connectivity index (χ4n) is 1.96. The summed E-state index contributed by atoms with van der Waals surface area (Å²) in [7, 11) is 0. The van der Waals surface area contributed by atoms with Gasteiger partial charge >= 0.3 is 0 Å². The van der Waals surface area contributed by atoms with E-state index in [1.165, 1.54) is 11.6 Å². The highest BCUT2D eigenvalue weighted by Gasteiger charge is 2.07. The Kier molecular flexibility index (Phi) is 5.07. The van der Waals surface area contributed by atoms with E-state index in [9.17, 15) is 4.39 Å². The highest BCUT2D eigenvalue weighted by molar-refractivity contribution is 6.31. The number of rotatable bonds is 5. The van der Waals surface area contributed by atoms with Crippen LogP contribution in [0, 0.1) is 19.7 Å². The summed E-state index contributed by atoms with van der Waals surface area (Å²) in [6, 6.07) is 10.7. The number of aryl methyl sites for hydroxylation is 2. The summed E-state index contributed by atoms with van der Waals surface area (Å²) >= 11 is 5.75. The molecule has 1 N–H and O–H groups in total. The Hall–Kier alpha value is -1.74. The average molecular weight is 308 g/mol. The molecule has 2 aromatic carbocycles. The maximum atomic E-state index is 13.1. The smallest absolute Gasteiger partial charge is 0.141 e. The van der Waals surface area contributed by atoms with Gasteiger partial charge in [0.1, 0.15) is 17.7 Å². The third-order valence-electron chi connectivity index (χ3n) is 3.19. The van der Waals surface area contributed by atoms with E-state index in [1.807, 2.05) is 32.9 Å². The zero-order valence-electron chi connectivity index (χ0n) is 12.4. The van der Waals surface area contributed by atoms with Crippen molar-refractivity contribution in [2.45, 2.75) is 26.9 Å². The van der Waals surface area contributed by atoms with Gasteiger partial charge in [-0.05, 0) is 56.2 Å². The van der Waals surface area contributed by atoms with Crippen molar-refractivity contribution >= 4 is 17.3 Å². The molecule has 0 unspecified atom stereocenters. The molecule has 0 amide bonds. The zero-order valence-corrected chi connectivity index (χ0v) is 13.2. The van der Waals surface area contributed by atoms with Crippen molar-refractivity contribution in [3.63, 3.8) is 0 Å². The number of hydrogen-bond donors (Lipinski definition) is 1. The third kappa shape index (κ3) is 4.36. The molecule has 0 heterocycles. The lowest BCUT2D eigenvalue weighted by molar-refractivity contribution is 0.233. The van der Waals surface area contributed by atoms with E-state index in [4.69, 9.17) is 16.3 Å². The molecule has 0 saturated heterocycles. The first-order chi connectivity index (χ1) is 9.95. The SMILES string of the molecule is Cc1ccc(C)c(O[C@@H](C)CNc2ccc(F)c(Cl)c2)c1. The van der Waals surface area contributed by atoms with E-state index in [0.29, 0.717) is 6.54 Å². The summed E-state index contributed by atoms with van der Waals surface area (Å²) in [5.74, 6) is 0.475. The molecule has 0 radical (unpaired) electrons. The number of hydrogen-bond acceptors (Lipinski definition) is 2. The molecule has 0 spiro atoms. The molecule has 0 aliphatic rings. The van der Waals surface area contributed by atoms with Crippen LogP contribution in [0.4, 0.5) is 10.1 Å². The van der Waals surface area contributed by atoms with Gasteiger partial charge in [-0.25, -0.2) is 4.39 Å². The van der Waals surface area contributed by atoms with Crippen LogP contribution in [0.1, 0.15) is 18.1 Å². The van der Waals surface area contributed by atoms with Crippen LogP contribution in [0.25, 0.3) is 0 Å². The molecular weight excluding hydrogens is 289 g/mol. The van der Waals surface area contributed by atoms with E-state index < -0.39 is 5.82 Å². The normalized spacial score (nSPS) is 12.0. The molecule has 2 nitrogen and oxygen atoms in total. The largest absolute Gasteiger partial charge is 0.489 e. The fraction of sp³-hybridized carbons (Fsp3) is 0.294. The lowest BCUT2D eigenvalue weighted by Crippen LogP contribution is -2.23. The van der Waals surface area contributed by atoms with Crippen molar-refractivity contribution in [1.29, 1.82) is 0 Å². The third-order valence-corrected chi connectivity index (χ3v) is 3.47. The fourth-order valence-corrected chi connectivity index (χ4v) is 2.14. The predicted octanol–water partition coefficient (Wildman–Crippen LogP) is 4.98. The summed E-state index contributed by atoms with van der Waals surface area (Å²) in [5, 5.41) is 3.30. The summed E-state index contributed by atoms with van der Waals surface area (Å²) < 4.78 is 19.0. The Morgan fingerprint density at radius 2 is 1.95 bits per heavy atom. The van der Waals surface area contributed by atoms with Gasteiger partial charge in [0.2, 0.25) is 0 Å². The van der Waals surface area contributed by atoms with E-state index in [0.717, 1.165) is 17.0 Å². The highest BCUT2D eigenvalue weighted by Crippen LogP contribution is 2.22. The van der Waals surface area contributed by atoms with Gasteiger partial charge in [-0.15, -0.1) is 0 Å². The monoisotopic (exact) mass is 307 g/mol. The molecule has 0 aliphatic heterocycles. The topological polar surface area (TPSA) is 21.3 Å². The summed E-state index contributed by atoms with van der Waals surface area (Å²) in [6.07, 6.45) is -0.0191. The zero-order chi connectivity index (χ0) is 15.4. The minimum atomic E-state index is -0.415. The molecule has 0 aromatic heterocycles. The van der Waals surface area contributed by atoms with Crippen molar-refractivity contribution < 1.29 is 9.13 Å². The van der Waals surface area contributed by atoms with Crippen LogP contribution in [0.2, 0.25) is 5.02 Å². The number of benzene rings is 2. The Morgan fingerprint density at radius 1 is 1.19 bits per heavy atom. The molecule has 0 fully saturated rings. The average Bonchev–Trinajstić information content (AvgIpc) is 2.44. The van der Waals surface area contributed by atoms with Gasteiger partial charge in [0.25, 0.3) is 0 Å². The van der Waals surface area contributed by atoms with Crippen molar-refractivity contribution in [3.05, 3.63) is 58.4 Å². The predicted molar refractivity (Wildman–Crippen MR) is 85.9 cm³/mol. The second-order valence-corrected chi connectivity index (χ2v) is 5.61. The second kappa shape index (κ2) is 6.81. The van der Waals surface area contributed by atoms with Gasteiger partial charge < -0.3 is 10.1 Å². The first-order valence-corrected chi connectivity index (χ1v) is 7.26. The quantitative estimate of drug-likeness (QED) is 0.841. The van der Waals surface area contributed by atoms with Crippen molar-refractivity contribution in [2.24, 2.45) is 0 Å². The van der Waals surface area contributed by atoms with Crippen LogP contribution in [-0.2, 0) is 0 Å². The lowest BCUT2D eigenvalue weighted by atomic mass is 10.1. The molecule has 21 heavy (non-hydrogen) atoms. The van der Waals surface area contributed by atoms with Crippen LogP contribution >= 0.6 is 11.6 Å². The minimum absolute atomic E-state index is 0.0191. The number of halogens is 2. The van der Waals surface area contributed by atoms with Crippen LogP contribution < -0.4 is 10.1 Å². The molecule has 4 heteroatoms. The van der Waals surface area contributed by atoms with Gasteiger partial charge in [-0.1, -0.05) is 23.7 Å². The van der Waals surface area contributed by atoms with Gasteiger partial charge in [0.15, 0.2) is 0 Å². The molecule has 1 atom stereocenters. The molecule has 112 valence electrons. The van der Waals surface area contributed by atoms with Gasteiger partial charge in [-0.3, -0.25) is 0 Å². The molecule has 0 aliphatic carbocycles. The number of ether oxygens (including phenoxy) is 1. The van der Waals surface area contributed by atoms with Crippen molar-refractivity contribution in [2.75, 3.05) is 11.9 Å². The van der Waals surface area contributed by atoms with Crippen molar-refractivity contribution in [3.8, 4) is 5.75 Å². The highest BCUT2D eigenvalue weighted by atomic mass is 35.5. The standard InChI is InChI=1S/C17H19ClFNO/c1-11-4-5-12(2)17(8-11)21-13(3)10-20-14-6-7-16(19)15(18)9-14/h4-9,13,20H,10H2,1-3H3/t13-/m0/s1. The van der Waals surface area contributed by atoms with Crippen LogP contribution in [-0.4, -0.2) is 12.6 Å². The van der Waals surface area contributed by atoms with Gasteiger partial charge in [0, 0.05) is 5.69 Å². The Balaban J connectivity index is 1.94. The Morgan fingerprint density at radius 3 is 2.67 bits per heavy atom. The molecular formula is C17H19ClFNO. The van der Waals surface area contributed by atoms with Crippen LogP contribution in [0.5, 0.6) is 5.75 Å². The van der Waals surface area contributed by atoms with E-state index in [-0.39, 0.29) is 11.1 Å². The Bertz CT molecular complexity index is 630. The van der Waals surface area contributed by atoms with Crippen LogP contribution in [0.3, 0.4) is 0 Å². The molecule has 0 saturated carbocycles. The first kappa shape index (κ1) is 15.6. The Labute approximate surface area is 129 Å². The van der Waals surface area contributed by atoms with E-state index in [1.54, 1.807) is 12.1 Å². The maximum absolute atomic E-state index is 13.1. The minimum Gasteiger partial charge on any atom is -0.489 e. The van der Waals surface area contributed by atoms with Crippen LogP contribution in [0.15, 0.2) is 36.4 Å². The lowest BCUT2D eigenvalue weighted by Gasteiger charge is -2.18.